The Balaban J connectivity index is 2.73. The fourth-order valence-electron chi connectivity index (χ4n) is 1.51. The summed E-state index contributed by atoms with van der Waals surface area (Å²) >= 11 is 5.50. The third kappa shape index (κ3) is 1.97. The number of hydrogen-bond donors (Lipinski definition) is 0. The largest absolute Gasteiger partial charge is 0.433 e. The SMILES string of the molecule is FC(F)(F)c1nc2ccccc2cc1CCl. The first-order valence-corrected chi connectivity index (χ1v) is 5.07. The summed E-state index contributed by atoms with van der Waals surface area (Å²) < 4.78 is 37.9. The number of hydrogen-bond acceptors (Lipinski definition) is 1. The van der Waals surface area contributed by atoms with E-state index in [1.165, 1.54) is 6.07 Å². The molecule has 2 rings (SSSR count). The lowest BCUT2D eigenvalue weighted by Gasteiger charge is -2.11. The molecule has 5 heteroatoms. The zero-order valence-electron chi connectivity index (χ0n) is 8.05. The molecule has 0 radical (unpaired) electrons. The van der Waals surface area contributed by atoms with E-state index >= 15 is 0 Å². The number of para-hydroxylation sites is 1. The molecule has 1 heterocycles. The molecule has 0 bridgehead atoms. The topological polar surface area (TPSA) is 12.9 Å². The van der Waals surface area contributed by atoms with Crippen LogP contribution in [0, 0.1) is 0 Å². The maximum Gasteiger partial charge on any atom is 0.433 e. The molecule has 0 spiro atoms. The summed E-state index contributed by atoms with van der Waals surface area (Å²) in [5, 5.41) is 0.658. The molecule has 0 unspecified atom stereocenters. The third-order valence-electron chi connectivity index (χ3n) is 2.22. The van der Waals surface area contributed by atoms with E-state index in [2.05, 4.69) is 4.98 Å². The minimum absolute atomic E-state index is 0.00728. The van der Waals surface area contributed by atoms with Crippen LogP contribution >= 0.6 is 11.6 Å². The number of halogens is 4. The van der Waals surface area contributed by atoms with Gasteiger partial charge in [0.05, 0.1) is 5.52 Å². The van der Waals surface area contributed by atoms with Gasteiger partial charge in [-0.3, -0.25) is 0 Å². The lowest BCUT2D eigenvalue weighted by atomic mass is 10.1. The van der Waals surface area contributed by atoms with Gasteiger partial charge in [0, 0.05) is 11.3 Å². The molecule has 1 nitrogen and oxygen atoms in total. The predicted molar refractivity (Wildman–Crippen MR) is 56.3 cm³/mol. The van der Waals surface area contributed by atoms with Gasteiger partial charge in [-0.2, -0.15) is 13.2 Å². The molecular formula is C11H7ClF3N. The van der Waals surface area contributed by atoms with Gasteiger partial charge in [0.2, 0.25) is 0 Å². The molecule has 0 saturated heterocycles. The van der Waals surface area contributed by atoms with Crippen molar-refractivity contribution in [3.63, 3.8) is 0 Å². The van der Waals surface area contributed by atoms with E-state index in [9.17, 15) is 13.2 Å². The van der Waals surface area contributed by atoms with Gasteiger partial charge in [0.15, 0.2) is 0 Å². The van der Waals surface area contributed by atoms with Gasteiger partial charge in [-0.05, 0) is 17.7 Å². The van der Waals surface area contributed by atoms with Gasteiger partial charge in [0.25, 0.3) is 0 Å². The number of rotatable bonds is 1. The quantitative estimate of drug-likeness (QED) is 0.692. The summed E-state index contributed by atoms with van der Waals surface area (Å²) in [6, 6.07) is 8.07. The Kier molecular flexibility index (Phi) is 2.76. The highest BCUT2D eigenvalue weighted by molar-refractivity contribution is 6.17. The van der Waals surface area contributed by atoms with Gasteiger partial charge < -0.3 is 0 Å². The van der Waals surface area contributed by atoms with Gasteiger partial charge in [-0.25, -0.2) is 4.98 Å². The van der Waals surface area contributed by atoms with Crippen molar-refractivity contribution >= 4 is 22.5 Å². The number of pyridine rings is 1. The second-order valence-corrected chi connectivity index (χ2v) is 3.59. The molecule has 1 aromatic carbocycles. The fraction of sp³-hybridized carbons (Fsp3) is 0.182. The van der Waals surface area contributed by atoms with Crippen molar-refractivity contribution in [3.05, 3.63) is 41.6 Å². The smallest absolute Gasteiger partial charge is 0.243 e. The summed E-state index contributed by atoms with van der Waals surface area (Å²) in [7, 11) is 0. The zero-order valence-corrected chi connectivity index (χ0v) is 8.81. The van der Waals surface area contributed by atoms with Crippen LogP contribution in [0.1, 0.15) is 11.3 Å². The standard InChI is InChI=1S/C11H7ClF3N/c12-6-8-5-7-3-1-2-4-9(7)16-10(8)11(13,14)15/h1-5H,6H2. The molecule has 16 heavy (non-hydrogen) atoms. The monoisotopic (exact) mass is 245 g/mol. The van der Waals surface area contributed by atoms with Crippen LogP contribution in [-0.4, -0.2) is 4.98 Å². The highest BCUT2D eigenvalue weighted by atomic mass is 35.5. The van der Waals surface area contributed by atoms with E-state index in [1.54, 1.807) is 24.3 Å². The minimum Gasteiger partial charge on any atom is -0.243 e. The minimum atomic E-state index is -4.46. The molecule has 0 amide bonds. The van der Waals surface area contributed by atoms with Crippen LogP contribution in [0.15, 0.2) is 30.3 Å². The molecular weight excluding hydrogens is 239 g/mol. The Hall–Kier alpha value is -1.29. The van der Waals surface area contributed by atoms with Crippen molar-refractivity contribution in [2.24, 2.45) is 0 Å². The molecule has 1 aromatic heterocycles. The lowest BCUT2D eigenvalue weighted by molar-refractivity contribution is -0.141. The van der Waals surface area contributed by atoms with Crippen LogP contribution in [-0.2, 0) is 12.1 Å². The first-order chi connectivity index (χ1) is 7.52. The lowest BCUT2D eigenvalue weighted by Crippen LogP contribution is -2.11. The van der Waals surface area contributed by atoms with Gasteiger partial charge >= 0.3 is 6.18 Å². The summed E-state index contributed by atoms with van der Waals surface area (Å²) in [6.07, 6.45) is -4.46. The molecule has 0 N–H and O–H groups in total. The van der Waals surface area contributed by atoms with Crippen molar-refractivity contribution in [2.75, 3.05) is 0 Å². The van der Waals surface area contributed by atoms with Gasteiger partial charge in [-0.1, -0.05) is 18.2 Å². The first-order valence-electron chi connectivity index (χ1n) is 4.54. The van der Waals surface area contributed by atoms with Crippen molar-refractivity contribution in [1.29, 1.82) is 0 Å². The summed E-state index contributed by atoms with van der Waals surface area (Å²) in [6.45, 7) is 0. The van der Waals surface area contributed by atoms with Crippen molar-refractivity contribution in [2.45, 2.75) is 12.1 Å². The maximum atomic E-state index is 12.6. The van der Waals surface area contributed by atoms with Crippen LogP contribution in [0.2, 0.25) is 0 Å². The number of aromatic nitrogens is 1. The second kappa shape index (κ2) is 3.94. The highest BCUT2D eigenvalue weighted by Crippen LogP contribution is 2.32. The third-order valence-corrected chi connectivity index (χ3v) is 2.50. The van der Waals surface area contributed by atoms with E-state index in [0.29, 0.717) is 10.9 Å². The second-order valence-electron chi connectivity index (χ2n) is 3.32. The maximum absolute atomic E-state index is 12.6. The Bertz CT molecular complexity index is 522. The summed E-state index contributed by atoms with van der Waals surface area (Å²) in [5.41, 5.74) is -0.572. The molecule has 0 atom stereocenters. The molecule has 0 aliphatic carbocycles. The molecule has 0 aliphatic heterocycles. The number of nitrogens with zero attached hydrogens (tertiary/aromatic N) is 1. The number of fused-ring (bicyclic) bond motifs is 1. The van der Waals surface area contributed by atoms with Crippen LogP contribution in [0.5, 0.6) is 0 Å². The van der Waals surface area contributed by atoms with Crippen molar-refractivity contribution in [1.82, 2.24) is 4.98 Å². The normalized spacial score (nSPS) is 12.0. The van der Waals surface area contributed by atoms with E-state index in [-0.39, 0.29) is 11.4 Å². The van der Waals surface area contributed by atoms with Crippen molar-refractivity contribution < 1.29 is 13.2 Å². The van der Waals surface area contributed by atoms with E-state index in [4.69, 9.17) is 11.6 Å². The van der Waals surface area contributed by atoms with Gasteiger partial charge in [-0.15, -0.1) is 11.6 Å². The highest BCUT2D eigenvalue weighted by Gasteiger charge is 2.35. The van der Waals surface area contributed by atoms with Crippen LogP contribution in [0.3, 0.4) is 0 Å². The van der Waals surface area contributed by atoms with E-state index in [0.717, 1.165) is 0 Å². The van der Waals surface area contributed by atoms with Gasteiger partial charge in [0.1, 0.15) is 5.69 Å². The number of alkyl halides is 4. The first kappa shape index (κ1) is 11.2. The van der Waals surface area contributed by atoms with Crippen molar-refractivity contribution in [3.8, 4) is 0 Å². The Morgan fingerprint density at radius 2 is 1.88 bits per heavy atom. The zero-order chi connectivity index (χ0) is 11.8. The Morgan fingerprint density at radius 1 is 1.19 bits per heavy atom. The van der Waals surface area contributed by atoms with E-state index in [1.807, 2.05) is 0 Å². The Labute approximate surface area is 94.9 Å². The molecule has 2 aromatic rings. The van der Waals surface area contributed by atoms with Crippen LogP contribution in [0.25, 0.3) is 10.9 Å². The summed E-state index contributed by atoms with van der Waals surface area (Å²) in [5.74, 6) is -0.202. The Morgan fingerprint density at radius 3 is 2.50 bits per heavy atom. The average molecular weight is 246 g/mol. The average Bonchev–Trinajstić information content (AvgIpc) is 2.26. The molecule has 0 aliphatic rings. The van der Waals surface area contributed by atoms with Crippen LogP contribution in [0.4, 0.5) is 13.2 Å². The summed E-state index contributed by atoms with van der Waals surface area (Å²) in [4.78, 5) is 3.61. The fourth-order valence-corrected chi connectivity index (χ4v) is 1.71. The van der Waals surface area contributed by atoms with E-state index < -0.39 is 11.9 Å². The van der Waals surface area contributed by atoms with Crippen LogP contribution < -0.4 is 0 Å². The molecule has 0 fully saturated rings. The predicted octanol–water partition coefficient (Wildman–Crippen LogP) is 3.99. The molecule has 84 valence electrons. The number of benzene rings is 1. The molecule has 0 saturated carbocycles.